The number of aromatic hydroxyl groups is 2. The lowest BCUT2D eigenvalue weighted by Crippen LogP contribution is -2.16. The van der Waals surface area contributed by atoms with E-state index in [-0.39, 0.29) is 67.9 Å². The van der Waals surface area contributed by atoms with Crippen LogP contribution < -0.4 is 18.9 Å². The normalized spacial score (nSPS) is 10.5. The SMILES string of the molecule is COc1cc(OC)c(-c2cc(C(=O)C(=O)c3ccc(O)cc3)c(OC)cc2OC)cc1C(=O)C(=O)c1ccc(O)cc1. The molecule has 0 unspecified atom stereocenters. The minimum atomic E-state index is -0.896. The molecule has 0 aromatic heterocycles. The molecule has 214 valence electrons. The molecule has 0 aliphatic heterocycles. The van der Waals surface area contributed by atoms with Crippen LogP contribution in [0, 0.1) is 0 Å². The van der Waals surface area contributed by atoms with Crippen molar-refractivity contribution in [3.8, 4) is 45.6 Å². The number of ketones is 4. The highest BCUT2D eigenvalue weighted by Crippen LogP contribution is 2.43. The van der Waals surface area contributed by atoms with Crippen LogP contribution in [-0.2, 0) is 0 Å². The molecular formula is C32H26O10. The number of carbonyl (C=O) groups excluding carboxylic acids is 4. The van der Waals surface area contributed by atoms with Crippen molar-refractivity contribution in [3.63, 3.8) is 0 Å². The zero-order valence-electron chi connectivity index (χ0n) is 23.1. The van der Waals surface area contributed by atoms with Gasteiger partial charge in [0.15, 0.2) is 0 Å². The number of ether oxygens (including phenoxy) is 4. The van der Waals surface area contributed by atoms with Gasteiger partial charge in [-0.3, -0.25) is 19.2 Å². The Morgan fingerprint density at radius 2 is 0.762 bits per heavy atom. The van der Waals surface area contributed by atoms with Gasteiger partial charge in [0.05, 0.1) is 39.6 Å². The van der Waals surface area contributed by atoms with E-state index >= 15 is 0 Å². The summed E-state index contributed by atoms with van der Waals surface area (Å²) in [4.78, 5) is 52.9. The molecule has 0 fully saturated rings. The Balaban J connectivity index is 1.88. The fourth-order valence-electron chi connectivity index (χ4n) is 4.31. The highest BCUT2D eigenvalue weighted by molar-refractivity contribution is 6.50. The summed E-state index contributed by atoms with van der Waals surface area (Å²) in [6, 6.07) is 16.0. The van der Waals surface area contributed by atoms with Crippen LogP contribution in [0.3, 0.4) is 0 Å². The Morgan fingerprint density at radius 3 is 1.05 bits per heavy atom. The number of phenols is 2. The number of phenolic OH excluding ortho intramolecular Hbond substituents is 2. The Morgan fingerprint density at radius 1 is 0.452 bits per heavy atom. The molecule has 0 atom stereocenters. The lowest BCUT2D eigenvalue weighted by molar-refractivity contribution is 0.0815. The fourth-order valence-corrected chi connectivity index (χ4v) is 4.31. The second-order valence-corrected chi connectivity index (χ2v) is 8.92. The van der Waals surface area contributed by atoms with Crippen LogP contribution in [0.25, 0.3) is 11.1 Å². The van der Waals surface area contributed by atoms with Gasteiger partial charge in [-0.2, -0.15) is 0 Å². The summed E-state index contributed by atoms with van der Waals surface area (Å²) >= 11 is 0. The zero-order valence-corrected chi connectivity index (χ0v) is 23.1. The third-order valence-corrected chi connectivity index (χ3v) is 6.49. The van der Waals surface area contributed by atoms with Gasteiger partial charge in [-0.15, -0.1) is 0 Å². The van der Waals surface area contributed by atoms with Gasteiger partial charge in [-0.05, 0) is 60.7 Å². The van der Waals surface area contributed by atoms with Crippen molar-refractivity contribution in [2.24, 2.45) is 0 Å². The third kappa shape index (κ3) is 5.64. The van der Waals surface area contributed by atoms with E-state index in [1.165, 1.54) is 101 Å². The van der Waals surface area contributed by atoms with Crippen LogP contribution in [-0.4, -0.2) is 61.8 Å². The molecule has 4 rings (SSSR count). The second kappa shape index (κ2) is 12.3. The molecule has 4 aromatic carbocycles. The summed E-state index contributed by atoms with van der Waals surface area (Å²) in [6.07, 6.45) is 0. The predicted molar refractivity (Wildman–Crippen MR) is 152 cm³/mol. The van der Waals surface area contributed by atoms with E-state index in [4.69, 9.17) is 18.9 Å². The molecule has 0 spiro atoms. The van der Waals surface area contributed by atoms with Gasteiger partial charge in [0, 0.05) is 34.4 Å². The molecule has 0 bridgehead atoms. The molecular weight excluding hydrogens is 544 g/mol. The van der Waals surface area contributed by atoms with Gasteiger partial charge in [0.2, 0.25) is 23.1 Å². The summed E-state index contributed by atoms with van der Waals surface area (Å²) in [6.45, 7) is 0. The number of benzene rings is 4. The lowest BCUT2D eigenvalue weighted by Gasteiger charge is -2.18. The maximum atomic E-state index is 13.4. The Kier molecular flexibility index (Phi) is 8.56. The van der Waals surface area contributed by atoms with E-state index in [0.29, 0.717) is 0 Å². The van der Waals surface area contributed by atoms with Crippen molar-refractivity contribution in [1.29, 1.82) is 0 Å². The number of rotatable bonds is 11. The largest absolute Gasteiger partial charge is 0.508 e. The van der Waals surface area contributed by atoms with E-state index in [9.17, 15) is 29.4 Å². The van der Waals surface area contributed by atoms with E-state index in [1.54, 1.807) is 0 Å². The first-order valence-electron chi connectivity index (χ1n) is 12.4. The molecule has 42 heavy (non-hydrogen) atoms. The maximum absolute atomic E-state index is 13.4. The van der Waals surface area contributed by atoms with Crippen LogP contribution >= 0.6 is 0 Å². The van der Waals surface area contributed by atoms with Crippen molar-refractivity contribution >= 4 is 23.1 Å². The first-order valence-corrected chi connectivity index (χ1v) is 12.4. The van der Waals surface area contributed by atoms with Gasteiger partial charge in [-0.25, -0.2) is 0 Å². The van der Waals surface area contributed by atoms with E-state index in [2.05, 4.69) is 0 Å². The number of hydrogen-bond acceptors (Lipinski definition) is 10. The molecule has 2 N–H and O–H groups in total. The monoisotopic (exact) mass is 570 g/mol. The lowest BCUT2D eigenvalue weighted by atomic mass is 9.92. The summed E-state index contributed by atoms with van der Waals surface area (Å²) in [5.74, 6) is -3.07. The number of hydrogen-bond donors (Lipinski definition) is 2. The van der Waals surface area contributed by atoms with Crippen LogP contribution in [0.2, 0.25) is 0 Å². The topological polar surface area (TPSA) is 146 Å². The highest BCUT2D eigenvalue weighted by Gasteiger charge is 2.28. The first kappa shape index (κ1) is 29.3. The summed E-state index contributed by atoms with van der Waals surface area (Å²) in [5.41, 5.74) is 0.422. The molecule has 0 amide bonds. The van der Waals surface area contributed by atoms with Crippen LogP contribution in [0.4, 0.5) is 0 Å². The Hall–Kier alpha value is -5.64. The van der Waals surface area contributed by atoms with Crippen LogP contribution in [0.15, 0.2) is 72.8 Å². The molecule has 0 heterocycles. The molecule has 10 heteroatoms. The van der Waals surface area contributed by atoms with Gasteiger partial charge in [0.25, 0.3) is 0 Å². The number of Topliss-reactive ketones (excluding diaryl/α,β-unsaturated/α-hetero) is 4. The van der Waals surface area contributed by atoms with Crippen molar-refractivity contribution in [3.05, 3.63) is 95.1 Å². The minimum Gasteiger partial charge on any atom is -0.508 e. The van der Waals surface area contributed by atoms with Gasteiger partial charge in [0.1, 0.15) is 34.5 Å². The third-order valence-electron chi connectivity index (χ3n) is 6.49. The molecule has 4 aromatic rings. The van der Waals surface area contributed by atoms with Crippen molar-refractivity contribution in [2.75, 3.05) is 28.4 Å². The molecule has 0 aliphatic rings. The Labute approximate surface area is 240 Å². The van der Waals surface area contributed by atoms with Crippen LogP contribution in [0.5, 0.6) is 34.5 Å². The fraction of sp³-hybridized carbons (Fsp3) is 0.125. The van der Waals surface area contributed by atoms with E-state index in [0.717, 1.165) is 0 Å². The molecule has 0 saturated heterocycles. The van der Waals surface area contributed by atoms with Crippen molar-refractivity contribution in [1.82, 2.24) is 0 Å². The molecule has 0 saturated carbocycles. The summed E-state index contributed by atoms with van der Waals surface area (Å²) in [7, 11) is 5.43. The standard InChI is InChI=1S/C32H26O10/c1-39-25-15-27(41-3)23(31(37)29(35)17-5-9-19(33)10-6-17)13-21(25)22-14-24(28(42-4)16-26(22)40-2)32(38)30(36)18-7-11-20(34)12-8-18/h5-16,33-34H,1-4H3. The van der Waals surface area contributed by atoms with Gasteiger partial charge >= 0.3 is 0 Å². The quantitative estimate of drug-likeness (QED) is 0.188. The maximum Gasteiger partial charge on any atom is 0.237 e. The van der Waals surface area contributed by atoms with Gasteiger partial charge < -0.3 is 29.2 Å². The van der Waals surface area contributed by atoms with Crippen LogP contribution in [0.1, 0.15) is 41.4 Å². The van der Waals surface area contributed by atoms with Crippen molar-refractivity contribution in [2.45, 2.75) is 0 Å². The smallest absolute Gasteiger partial charge is 0.237 e. The number of carbonyl (C=O) groups is 4. The highest BCUT2D eigenvalue weighted by atomic mass is 16.5. The summed E-state index contributed by atoms with van der Waals surface area (Å²) < 4.78 is 21.9. The molecule has 10 nitrogen and oxygen atoms in total. The molecule has 0 radical (unpaired) electrons. The Bertz CT molecular complexity index is 1560. The molecule has 0 aliphatic carbocycles. The minimum absolute atomic E-state index is 0.0546. The second-order valence-electron chi connectivity index (χ2n) is 8.92. The zero-order chi connectivity index (χ0) is 30.6. The van der Waals surface area contributed by atoms with E-state index < -0.39 is 23.1 Å². The average Bonchev–Trinajstić information content (AvgIpc) is 3.02. The first-order chi connectivity index (χ1) is 20.1. The van der Waals surface area contributed by atoms with Crippen molar-refractivity contribution < 1.29 is 48.3 Å². The summed E-state index contributed by atoms with van der Waals surface area (Å²) in [5, 5.41) is 19.1. The number of methoxy groups -OCH3 is 4. The predicted octanol–water partition coefficient (Wildman–Crippen LogP) is 4.93. The average molecular weight is 571 g/mol. The van der Waals surface area contributed by atoms with E-state index in [1.807, 2.05) is 0 Å². The van der Waals surface area contributed by atoms with Gasteiger partial charge in [-0.1, -0.05) is 0 Å².